The molecular weight excluding hydrogens is 332 g/mol. The van der Waals surface area contributed by atoms with E-state index in [1.807, 2.05) is 12.1 Å². The summed E-state index contributed by atoms with van der Waals surface area (Å²) in [6, 6.07) is 21.0. The average Bonchev–Trinajstić information content (AvgIpc) is 2.73. The molecule has 0 heterocycles. The van der Waals surface area contributed by atoms with Gasteiger partial charge in [-0.1, -0.05) is 74.5 Å². The van der Waals surface area contributed by atoms with Crippen LogP contribution in [0.5, 0.6) is 0 Å². The highest BCUT2D eigenvalue weighted by molar-refractivity contribution is 5.15. The summed E-state index contributed by atoms with van der Waals surface area (Å²) in [6.07, 6.45) is 1.24. The molecule has 4 nitrogen and oxygen atoms in total. The summed E-state index contributed by atoms with van der Waals surface area (Å²) in [5.41, 5.74) is 2.67. The monoisotopic (exact) mass is 370 g/mol. The van der Waals surface area contributed by atoms with Gasteiger partial charge < -0.3 is 21.3 Å². The Labute approximate surface area is 166 Å². The van der Waals surface area contributed by atoms with Crippen molar-refractivity contribution in [3.63, 3.8) is 0 Å². The van der Waals surface area contributed by atoms with Crippen molar-refractivity contribution in [3.8, 4) is 0 Å². The van der Waals surface area contributed by atoms with Crippen LogP contribution in [0.3, 0.4) is 0 Å². The Morgan fingerprint density at radius 3 is 1.30 bits per heavy atom. The van der Waals surface area contributed by atoms with E-state index in [0.717, 1.165) is 52.4 Å². The fraction of sp³-hybridized carbons (Fsp3) is 0.478. The van der Waals surface area contributed by atoms with E-state index < -0.39 is 0 Å². The van der Waals surface area contributed by atoms with Gasteiger partial charge >= 0.3 is 0 Å². The van der Waals surface area contributed by atoms with Crippen LogP contribution < -0.4 is 21.3 Å². The first-order chi connectivity index (χ1) is 13.4. The van der Waals surface area contributed by atoms with Crippen LogP contribution in [0.2, 0.25) is 0 Å². The third kappa shape index (κ3) is 14.1. The molecule has 0 radical (unpaired) electrons. The Morgan fingerprint density at radius 1 is 0.519 bits per heavy atom. The van der Waals surface area contributed by atoms with E-state index in [-0.39, 0.29) is 0 Å². The Kier molecular flexibility index (Phi) is 15.3. The van der Waals surface area contributed by atoms with Gasteiger partial charge in [0.15, 0.2) is 0 Å². The van der Waals surface area contributed by atoms with Crippen LogP contribution in [0.25, 0.3) is 0 Å². The maximum Gasteiger partial charge on any atom is 0.0206 e. The van der Waals surface area contributed by atoms with Gasteiger partial charge in [0, 0.05) is 26.2 Å². The topological polar surface area (TPSA) is 48.1 Å². The molecule has 2 aromatic carbocycles. The zero-order valence-corrected chi connectivity index (χ0v) is 17.1. The van der Waals surface area contributed by atoms with E-state index >= 15 is 0 Å². The van der Waals surface area contributed by atoms with Crippen molar-refractivity contribution >= 4 is 0 Å². The summed E-state index contributed by atoms with van der Waals surface area (Å²) in [5, 5.41) is 13.4. The smallest absolute Gasteiger partial charge is 0.0206 e. The number of benzene rings is 2. The Bertz CT molecular complexity index is 481. The van der Waals surface area contributed by atoms with Gasteiger partial charge in [0.25, 0.3) is 0 Å². The second-order valence-electron chi connectivity index (χ2n) is 6.39. The molecule has 150 valence electrons. The van der Waals surface area contributed by atoms with E-state index in [2.05, 4.69) is 83.6 Å². The highest BCUT2D eigenvalue weighted by Crippen LogP contribution is 1.97. The first-order valence-corrected chi connectivity index (χ1v) is 10.3. The molecule has 0 aliphatic heterocycles. The fourth-order valence-corrected chi connectivity index (χ4v) is 2.53. The molecule has 0 aliphatic rings. The SMILES string of the molecule is CCNCCCNCC.c1ccc(CNCCNCc2ccccc2)cc1. The summed E-state index contributed by atoms with van der Waals surface area (Å²) in [5.74, 6) is 0. The lowest BCUT2D eigenvalue weighted by atomic mass is 10.2. The molecule has 0 atom stereocenters. The van der Waals surface area contributed by atoms with Crippen LogP contribution >= 0.6 is 0 Å². The Balaban J connectivity index is 0.000000345. The summed E-state index contributed by atoms with van der Waals surface area (Å²) in [7, 11) is 0. The molecule has 0 spiro atoms. The van der Waals surface area contributed by atoms with Crippen LogP contribution in [0.4, 0.5) is 0 Å². The largest absolute Gasteiger partial charge is 0.317 e. The van der Waals surface area contributed by atoms with Crippen LogP contribution in [-0.2, 0) is 13.1 Å². The first-order valence-electron chi connectivity index (χ1n) is 10.3. The minimum atomic E-state index is 0.938. The number of rotatable bonds is 13. The zero-order valence-electron chi connectivity index (χ0n) is 17.1. The summed E-state index contributed by atoms with van der Waals surface area (Å²) < 4.78 is 0. The normalized spacial score (nSPS) is 10.3. The van der Waals surface area contributed by atoms with Crippen LogP contribution in [-0.4, -0.2) is 39.3 Å². The van der Waals surface area contributed by atoms with Crippen molar-refractivity contribution in [2.75, 3.05) is 39.3 Å². The quantitative estimate of drug-likeness (QED) is 0.409. The van der Waals surface area contributed by atoms with Gasteiger partial charge in [-0.3, -0.25) is 0 Å². The molecule has 4 N–H and O–H groups in total. The van der Waals surface area contributed by atoms with Gasteiger partial charge in [0.1, 0.15) is 0 Å². The number of hydrogen-bond acceptors (Lipinski definition) is 4. The molecule has 0 fully saturated rings. The third-order valence-electron chi connectivity index (χ3n) is 4.03. The minimum Gasteiger partial charge on any atom is -0.317 e. The van der Waals surface area contributed by atoms with Crippen molar-refractivity contribution < 1.29 is 0 Å². The maximum absolute atomic E-state index is 3.43. The van der Waals surface area contributed by atoms with Gasteiger partial charge in [0.2, 0.25) is 0 Å². The van der Waals surface area contributed by atoms with E-state index in [1.165, 1.54) is 17.5 Å². The molecule has 2 aromatic rings. The molecule has 0 unspecified atom stereocenters. The molecule has 2 rings (SSSR count). The van der Waals surface area contributed by atoms with Crippen molar-refractivity contribution in [2.24, 2.45) is 0 Å². The van der Waals surface area contributed by atoms with E-state index in [9.17, 15) is 0 Å². The van der Waals surface area contributed by atoms with Gasteiger partial charge in [-0.15, -0.1) is 0 Å². The van der Waals surface area contributed by atoms with Gasteiger partial charge in [-0.25, -0.2) is 0 Å². The Morgan fingerprint density at radius 2 is 0.926 bits per heavy atom. The van der Waals surface area contributed by atoms with Crippen molar-refractivity contribution in [1.82, 2.24) is 21.3 Å². The highest BCUT2D eigenvalue weighted by Gasteiger charge is 1.92. The van der Waals surface area contributed by atoms with Crippen molar-refractivity contribution in [1.29, 1.82) is 0 Å². The highest BCUT2D eigenvalue weighted by atomic mass is 14.9. The summed E-state index contributed by atoms with van der Waals surface area (Å²) >= 11 is 0. The molecular formula is C23H38N4. The van der Waals surface area contributed by atoms with Crippen LogP contribution in [0.1, 0.15) is 31.4 Å². The maximum atomic E-state index is 3.43. The Hall–Kier alpha value is -1.72. The third-order valence-corrected chi connectivity index (χ3v) is 4.03. The second-order valence-corrected chi connectivity index (χ2v) is 6.39. The minimum absolute atomic E-state index is 0.938. The molecule has 27 heavy (non-hydrogen) atoms. The molecule has 0 amide bonds. The molecule has 0 saturated carbocycles. The van der Waals surface area contributed by atoms with E-state index in [1.54, 1.807) is 0 Å². The first kappa shape index (κ1) is 23.3. The summed E-state index contributed by atoms with van der Waals surface area (Å²) in [4.78, 5) is 0. The lowest BCUT2D eigenvalue weighted by Gasteiger charge is -2.06. The molecule has 0 aliphatic carbocycles. The molecule has 4 heteroatoms. The van der Waals surface area contributed by atoms with E-state index in [4.69, 9.17) is 0 Å². The predicted octanol–water partition coefficient (Wildman–Crippen LogP) is 3.16. The zero-order chi connectivity index (χ0) is 19.4. The predicted molar refractivity (Wildman–Crippen MR) is 118 cm³/mol. The lowest BCUT2D eigenvalue weighted by molar-refractivity contribution is 0.611. The van der Waals surface area contributed by atoms with Crippen LogP contribution in [0, 0.1) is 0 Å². The number of hydrogen-bond donors (Lipinski definition) is 4. The summed E-state index contributed by atoms with van der Waals surface area (Å²) in [6.45, 7) is 12.6. The van der Waals surface area contributed by atoms with Crippen molar-refractivity contribution in [2.45, 2.75) is 33.4 Å². The number of nitrogens with one attached hydrogen (secondary N) is 4. The fourth-order valence-electron chi connectivity index (χ4n) is 2.53. The lowest BCUT2D eigenvalue weighted by Crippen LogP contribution is -2.26. The standard InChI is InChI=1S/C16H20N2.C7H18N2/c1-3-7-15(8-4-1)13-17-11-12-18-14-16-9-5-2-6-10-16;1-3-8-6-5-7-9-4-2/h1-10,17-18H,11-14H2;8-9H,3-7H2,1-2H3. The van der Waals surface area contributed by atoms with E-state index in [0.29, 0.717) is 0 Å². The van der Waals surface area contributed by atoms with Crippen molar-refractivity contribution in [3.05, 3.63) is 71.8 Å². The molecule has 0 aromatic heterocycles. The second kappa shape index (κ2) is 17.7. The van der Waals surface area contributed by atoms with Crippen LogP contribution in [0.15, 0.2) is 60.7 Å². The van der Waals surface area contributed by atoms with Gasteiger partial charge in [0.05, 0.1) is 0 Å². The molecule has 0 saturated heterocycles. The van der Waals surface area contributed by atoms with Gasteiger partial charge in [-0.05, 0) is 43.7 Å². The molecule has 0 bridgehead atoms. The van der Waals surface area contributed by atoms with Gasteiger partial charge in [-0.2, -0.15) is 0 Å². The average molecular weight is 371 g/mol.